The average Bonchev–Trinajstić information content (AvgIpc) is 2.58. The highest BCUT2D eigenvalue weighted by Crippen LogP contribution is 2.35. The van der Waals surface area contributed by atoms with Crippen molar-refractivity contribution in [3.05, 3.63) is 36.3 Å². The molecule has 2 aliphatic rings. The summed E-state index contributed by atoms with van der Waals surface area (Å²) in [4.78, 5) is 12.6. The van der Waals surface area contributed by atoms with Gasteiger partial charge in [-0.3, -0.25) is 4.79 Å². The van der Waals surface area contributed by atoms with Crippen LogP contribution in [-0.4, -0.2) is 31.7 Å². The molecule has 0 N–H and O–H groups in total. The van der Waals surface area contributed by atoms with E-state index >= 15 is 0 Å². The third-order valence-electron chi connectivity index (χ3n) is 4.36. The van der Waals surface area contributed by atoms with Crippen molar-refractivity contribution < 1.29 is 23.7 Å². The molecule has 0 saturated heterocycles. The van der Waals surface area contributed by atoms with Gasteiger partial charge in [-0.2, -0.15) is 0 Å². The molecular formula is C18H22O5. The van der Waals surface area contributed by atoms with Crippen LogP contribution in [0.4, 0.5) is 0 Å². The maximum Gasteiger partial charge on any atom is 0.207 e. The molecule has 1 aliphatic carbocycles. The lowest BCUT2D eigenvalue weighted by Gasteiger charge is -2.36. The molecule has 3 rings (SSSR count). The first kappa shape index (κ1) is 15.9. The van der Waals surface area contributed by atoms with E-state index in [1.807, 2.05) is 6.92 Å². The molecule has 5 nitrogen and oxygen atoms in total. The van der Waals surface area contributed by atoms with E-state index < -0.39 is 0 Å². The van der Waals surface area contributed by atoms with Crippen LogP contribution in [0.5, 0.6) is 11.5 Å². The number of Topliss-reactive ketones (excluding diaryl/α,β-unsaturated/α-hetero) is 1. The maximum atomic E-state index is 12.6. The molecule has 0 spiro atoms. The summed E-state index contributed by atoms with van der Waals surface area (Å²) >= 11 is 0. The van der Waals surface area contributed by atoms with E-state index in [0.717, 1.165) is 25.0 Å². The van der Waals surface area contributed by atoms with Crippen LogP contribution < -0.4 is 9.47 Å². The van der Waals surface area contributed by atoms with E-state index in [-0.39, 0.29) is 29.7 Å². The van der Waals surface area contributed by atoms with Crippen molar-refractivity contribution in [2.24, 2.45) is 5.92 Å². The van der Waals surface area contributed by atoms with Crippen molar-refractivity contribution >= 4 is 5.78 Å². The first-order valence-electron chi connectivity index (χ1n) is 8.04. The van der Waals surface area contributed by atoms with Gasteiger partial charge in [-0.05, 0) is 44.0 Å². The summed E-state index contributed by atoms with van der Waals surface area (Å²) in [5, 5.41) is 0. The number of carbonyl (C=O) groups is 1. The topological polar surface area (TPSA) is 54.0 Å². The van der Waals surface area contributed by atoms with Crippen molar-refractivity contribution in [2.45, 2.75) is 38.4 Å². The lowest BCUT2D eigenvalue weighted by Crippen LogP contribution is -2.42. The van der Waals surface area contributed by atoms with Crippen molar-refractivity contribution in [1.29, 1.82) is 0 Å². The van der Waals surface area contributed by atoms with Gasteiger partial charge in [-0.1, -0.05) is 0 Å². The molecule has 23 heavy (non-hydrogen) atoms. The van der Waals surface area contributed by atoms with Gasteiger partial charge in [0.15, 0.2) is 0 Å². The quantitative estimate of drug-likeness (QED) is 0.835. The SMILES string of the molecule is CCOC1CCC2C(=O)C(Oc3ccc(OC)cc3)=COC2C1. The molecule has 3 atom stereocenters. The van der Waals surface area contributed by atoms with Crippen LogP contribution in [0.2, 0.25) is 0 Å². The summed E-state index contributed by atoms with van der Waals surface area (Å²) in [6.45, 7) is 2.68. The molecule has 1 saturated carbocycles. The second-order valence-corrected chi connectivity index (χ2v) is 5.80. The zero-order chi connectivity index (χ0) is 16.2. The van der Waals surface area contributed by atoms with Crippen LogP contribution in [-0.2, 0) is 14.3 Å². The highest BCUT2D eigenvalue weighted by atomic mass is 16.5. The number of ketones is 1. The zero-order valence-electron chi connectivity index (χ0n) is 13.5. The number of rotatable bonds is 5. The number of hydrogen-bond acceptors (Lipinski definition) is 5. The van der Waals surface area contributed by atoms with Gasteiger partial charge >= 0.3 is 0 Å². The Bertz CT molecular complexity index is 578. The fourth-order valence-electron chi connectivity index (χ4n) is 3.17. The second-order valence-electron chi connectivity index (χ2n) is 5.80. The Hall–Kier alpha value is -2.01. The maximum absolute atomic E-state index is 12.6. The van der Waals surface area contributed by atoms with E-state index in [9.17, 15) is 4.79 Å². The number of hydrogen-bond donors (Lipinski definition) is 0. The predicted octanol–water partition coefficient (Wildman–Crippen LogP) is 3.09. The summed E-state index contributed by atoms with van der Waals surface area (Å²) < 4.78 is 22.2. The summed E-state index contributed by atoms with van der Waals surface area (Å²) in [5.74, 6) is 1.49. The monoisotopic (exact) mass is 318 g/mol. The lowest BCUT2D eigenvalue weighted by molar-refractivity contribution is -0.133. The highest BCUT2D eigenvalue weighted by Gasteiger charge is 2.41. The van der Waals surface area contributed by atoms with Gasteiger partial charge in [0.05, 0.1) is 19.1 Å². The average molecular weight is 318 g/mol. The van der Waals surface area contributed by atoms with Crippen molar-refractivity contribution in [3.8, 4) is 11.5 Å². The van der Waals surface area contributed by atoms with Gasteiger partial charge in [0.2, 0.25) is 11.5 Å². The summed E-state index contributed by atoms with van der Waals surface area (Å²) in [6.07, 6.45) is 3.96. The molecule has 0 radical (unpaired) electrons. The molecule has 1 fully saturated rings. The van der Waals surface area contributed by atoms with Crippen LogP contribution >= 0.6 is 0 Å². The minimum absolute atomic E-state index is 0.0204. The molecule has 0 aromatic heterocycles. The second kappa shape index (κ2) is 7.04. The summed E-state index contributed by atoms with van der Waals surface area (Å²) in [6, 6.07) is 7.12. The lowest BCUT2D eigenvalue weighted by atomic mass is 9.80. The fraction of sp³-hybridized carbons (Fsp3) is 0.500. The molecule has 1 aliphatic heterocycles. The smallest absolute Gasteiger partial charge is 0.207 e. The van der Waals surface area contributed by atoms with Gasteiger partial charge in [0.1, 0.15) is 23.9 Å². The van der Waals surface area contributed by atoms with Crippen molar-refractivity contribution in [2.75, 3.05) is 13.7 Å². The Kier molecular flexibility index (Phi) is 4.86. The molecule has 0 bridgehead atoms. The summed E-state index contributed by atoms with van der Waals surface area (Å²) in [5.41, 5.74) is 0. The number of fused-ring (bicyclic) bond motifs is 1. The normalized spacial score (nSPS) is 26.8. The molecule has 124 valence electrons. The molecule has 0 amide bonds. The Labute approximate surface area is 136 Å². The predicted molar refractivity (Wildman–Crippen MR) is 84.3 cm³/mol. The van der Waals surface area contributed by atoms with Crippen LogP contribution in [0, 0.1) is 5.92 Å². The summed E-state index contributed by atoms with van der Waals surface area (Å²) in [7, 11) is 1.61. The van der Waals surface area contributed by atoms with Gasteiger partial charge in [-0.25, -0.2) is 0 Å². The molecule has 3 unspecified atom stereocenters. The third kappa shape index (κ3) is 3.50. The van der Waals surface area contributed by atoms with Gasteiger partial charge < -0.3 is 18.9 Å². The number of benzene rings is 1. The standard InChI is InChI=1S/C18H22O5/c1-3-21-14-8-9-15-16(10-14)22-11-17(18(15)19)23-13-6-4-12(20-2)5-7-13/h4-7,11,14-16H,3,8-10H2,1-2H3. The molecule has 5 heteroatoms. The van der Waals surface area contributed by atoms with E-state index in [2.05, 4.69) is 0 Å². The minimum atomic E-state index is -0.134. The van der Waals surface area contributed by atoms with E-state index in [0.29, 0.717) is 12.4 Å². The van der Waals surface area contributed by atoms with Crippen LogP contribution in [0.25, 0.3) is 0 Å². The number of ether oxygens (including phenoxy) is 4. The van der Waals surface area contributed by atoms with Crippen LogP contribution in [0.1, 0.15) is 26.2 Å². The van der Waals surface area contributed by atoms with Gasteiger partial charge in [0.25, 0.3) is 0 Å². The molecule has 1 heterocycles. The number of methoxy groups -OCH3 is 1. The van der Waals surface area contributed by atoms with Crippen LogP contribution in [0.15, 0.2) is 36.3 Å². The third-order valence-corrected chi connectivity index (χ3v) is 4.36. The molecular weight excluding hydrogens is 296 g/mol. The van der Waals surface area contributed by atoms with E-state index in [4.69, 9.17) is 18.9 Å². The van der Waals surface area contributed by atoms with Crippen molar-refractivity contribution in [1.82, 2.24) is 0 Å². The highest BCUT2D eigenvalue weighted by molar-refractivity contribution is 5.96. The first-order chi connectivity index (χ1) is 11.2. The Balaban J connectivity index is 1.66. The largest absolute Gasteiger partial charge is 0.497 e. The number of carbonyl (C=O) groups excluding carboxylic acids is 1. The first-order valence-corrected chi connectivity index (χ1v) is 8.04. The molecule has 1 aromatic rings. The molecule has 1 aromatic carbocycles. The fourth-order valence-corrected chi connectivity index (χ4v) is 3.17. The van der Waals surface area contributed by atoms with E-state index in [1.165, 1.54) is 6.26 Å². The zero-order valence-corrected chi connectivity index (χ0v) is 13.5. The van der Waals surface area contributed by atoms with E-state index in [1.54, 1.807) is 31.4 Å². The Morgan fingerprint density at radius 1 is 1.17 bits per heavy atom. The Morgan fingerprint density at radius 2 is 1.91 bits per heavy atom. The number of allylic oxidation sites excluding steroid dienone is 1. The Morgan fingerprint density at radius 3 is 2.61 bits per heavy atom. The van der Waals surface area contributed by atoms with Crippen molar-refractivity contribution in [3.63, 3.8) is 0 Å². The van der Waals surface area contributed by atoms with Crippen LogP contribution in [0.3, 0.4) is 0 Å². The van der Waals surface area contributed by atoms with Gasteiger partial charge in [-0.15, -0.1) is 0 Å². The van der Waals surface area contributed by atoms with Gasteiger partial charge in [0, 0.05) is 13.0 Å². The minimum Gasteiger partial charge on any atom is -0.497 e.